The molecule has 1 saturated heterocycles. The van der Waals surface area contributed by atoms with Gasteiger partial charge in [-0.1, -0.05) is 39.0 Å². The highest BCUT2D eigenvalue weighted by atomic mass is 19.4. The Morgan fingerprint density at radius 1 is 0.857 bits per heavy atom. The molecule has 0 N–H and O–H groups in total. The smallest absolute Gasteiger partial charge is 0.378 e. The molecule has 0 aromatic heterocycles. The molecular weight excluding hydrogens is 369 g/mol. The lowest BCUT2D eigenvalue weighted by Crippen LogP contribution is -2.39. The van der Waals surface area contributed by atoms with Gasteiger partial charge in [0, 0.05) is 24.9 Å². The van der Waals surface area contributed by atoms with Crippen LogP contribution in [-0.2, 0) is 14.2 Å². The third-order valence-electron chi connectivity index (χ3n) is 6.02. The fraction of sp³-hybridized carbons (Fsp3) is 1.00. The highest BCUT2D eigenvalue weighted by Gasteiger charge is 2.33. The van der Waals surface area contributed by atoms with Gasteiger partial charge in [-0.3, -0.25) is 0 Å². The molecule has 28 heavy (non-hydrogen) atoms. The van der Waals surface area contributed by atoms with E-state index in [1.54, 1.807) is 0 Å². The van der Waals surface area contributed by atoms with Gasteiger partial charge in [0.25, 0.3) is 0 Å². The van der Waals surface area contributed by atoms with Crippen molar-refractivity contribution < 1.29 is 27.4 Å². The van der Waals surface area contributed by atoms with Crippen LogP contribution in [0.1, 0.15) is 90.4 Å². The molecule has 0 spiro atoms. The number of rotatable bonds is 12. The summed E-state index contributed by atoms with van der Waals surface area (Å²) in [5.74, 6) is 0.487. The zero-order chi connectivity index (χ0) is 20.2. The Bertz CT molecular complexity index is 387. The molecule has 166 valence electrons. The maximum absolute atomic E-state index is 12.2. The normalized spacial score (nSPS) is 29.1. The van der Waals surface area contributed by atoms with Crippen LogP contribution in [0.2, 0.25) is 0 Å². The van der Waals surface area contributed by atoms with E-state index in [2.05, 4.69) is 6.92 Å². The highest BCUT2D eigenvalue weighted by molar-refractivity contribution is 4.77. The maximum atomic E-state index is 12.2. The molecule has 6 heteroatoms. The van der Waals surface area contributed by atoms with E-state index in [-0.39, 0.29) is 18.6 Å². The van der Waals surface area contributed by atoms with E-state index in [1.807, 2.05) is 0 Å². The lowest BCUT2D eigenvalue weighted by atomic mass is 9.86. The molecule has 0 unspecified atom stereocenters. The Balaban J connectivity index is 1.49. The van der Waals surface area contributed by atoms with E-state index in [4.69, 9.17) is 14.2 Å². The first-order chi connectivity index (χ1) is 13.5. The number of hydrogen-bond donors (Lipinski definition) is 0. The second-order valence-corrected chi connectivity index (χ2v) is 8.58. The van der Waals surface area contributed by atoms with E-state index in [0.29, 0.717) is 31.7 Å². The maximum Gasteiger partial charge on any atom is 0.389 e. The van der Waals surface area contributed by atoms with Crippen LogP contribution in [0.3, 0.4) is 0 Å². The van der Waals surface area contributed by atoms with Crippen LogP contribution in [0.25, 0.3) is 0 Å². The van der Waals surface area contributed by atoms with Crippen molar-refractivity contribution in [3.63, 3.8) is 0 Å². The Kier molecular flexibility index (Phi) is 11.2. The van der Waals surface area contributed by atoms with E-state index in [9.17, 15) is 13.2 Å². The van der Waals surface area contributed by atoms with Gasteiger partial charge in [0.1, 0.15) is 0 Å². The largest absolute Gasteiger partial charge is 0.389 e. The molecule has 1 heterocycles. The van der Waals surface area contributed by atoms with Crippen molar-refractivity contribution in [2.45, 2.75) is 109 Å². The number of unbranched alkanes of at least 4 members (excludes halogenated alkanes) is 5. The summed E-state index contributed by atoms with van der Waals surface area (Å²) in [4.78, 5) is 0. The monoisotopic (exact) mass is 408 g/mol. The summed E-state index contributed by atoms with van der Waals surface area (Å²) >= 11 is 0. The third-order valence-corrected chi connectivity index (χ3v) is 6.02. The first kappa shape index (κ1) is 23.9. The Morgan fingerprint density at radius 2 is 1.50 bits per heavy atom. The fourth-order valence-corrected chi connectivity index (χ4v) is 4.25. The van der Waals surface area contributed by atoms with Gasteiger partial charge in [-0.15, -0.1) is 0 Å². The summed E-state index contributed by atoms with van der Waals surface area (Å²) in [5.41, 5.74) is 0. The van der Waals surface area contributed by atoms with Crippen molar-refractivity contribution in [1.82, 2.24) is 0 Å². The lowest BCUT2D eigenvalue weighted by molar-refractivity contribution is -0.232. The Labute approximate surface area is 168 Å². The van der Waals surface area contributed by atoms with Gasteiger partial charge in [0.05, 0.1) is 19.3 Å². The van der Waals surface area contributed by atoms with Crippen LogP contribution in [0.5, 0.6) is 0 Å². The summed E-state index contributed by atoms with van der Waals surface area (Å²) in [7, 11) is 0. The number of ether oxygens (including phenoxy) is 3. The van der Waals surface area contributed by atoms with E-state index in [0.717, 1.165) is 38.7 Å². The second kappa shape index (κ2) is 13.1. The molecule has 0 atom stereocenters. The van der Waals surface area contributed by atoms with Crippen LogP contribution in [0, 0.1) is 11.8 Å². The molecule has 2 rings (SSSR count). The van der Waals surface area contributed by atoms with E-state index in [1.165, 1.54) is 32.1 Å². The second-order valence-electron chi connectivity index (χ2n) is 8.58. The summed E-state index contributed by atoms with van der Waals surface area (Å²) in [6.45, 7) is 4.16. The van der Waals surface area contributed by atoms with Crippen LogP contribution < -0.4 is 0 Å². The van der Waals surface area contributed by atoms with Crippen LogP contribution in [0.4, 0.5) is 13.2 Å². The molecular formula is C22H39F3O3. The number of halogens is 3. The van der Waals surface area contributed by atoms with Gasteiger partial charge in [-0.2, -0.15) is 13.2 Å². The van der Waals surface area contributed by atoms with Gasteiger partial charge in [-0.25, -0.2) is 0 Å². The van der Waals surface area contributed by atoms with Crippen molar-refractivity contribution in [2.75, 3.05) is 19.8 Å². The van der Waals surface area contributed by atoms with Crippen LogP contribution in [-0.4, -0.2) is 38.4 Å². The molecule has 3 nitrogen and oxygen atoms in total. The zero-order valence-electron chi connectivity index (χ0n) is 17.5. The van der Waals surface area contributed by atoms with Gasteiger partial charge >= 0.3 is 6.18 Å². The molecule has 0 bridgehead atoms. The Hall–Kier alpha value is -0.330. The van der Waals surface area contributed by atoms with Gasteiger partial charge in [0.15, 0.2) is 6.29 Å². The quantitative estimate of drug-likeness (QED) is 0.339. The number of hydrogen-bond acceptors (Lipinski definition) is 3. The minimum atomic E-state index is -4.06. The highest BCUT2D eigenvalue weighted by Crippen LogP contribution is 2.33. The van der Waals surface area contributed by atoms with Crippen molar-refractivity contribution >= 4 is 0 Å². The fourth-order valence-electron chi connectivity index (χ4n) is 4.25. The lowest BCUT2D eigenvalue weighted by Gasteiger charge is -2.37. The topological polar surface area (TPSA) is 27.7 Å². The third kappa shape index (κ3) is 9.93. The predicted octanol–water partition coefficient (Wildman–Crippen LogP) is 6.64. The van der Waals surface area contributed by atoms with Gasteiger partial charge in [-0.05, 0) is 44.9 Å². The van der Waals surface area contributed by atoms with Crippen molar-refractivity contribution in [2.24, 2.45) is 11.8 Å². The summed E-state index contributed by atoms with van der Waals surface area (Å²) in [6.07, 6.45) is 8.00. The summed E-state index contributed by atoms with van der Waals surface area (Å²) < 4.78 is 54.4. The SMILES string of the molecule is CCCCCCCCOC1CCC(C2OCC(CCCC(F)(F)F)CO2)CC1. The van der Waals surface area contributed by atoms with Crippen LogP contribution in [0.15, 0.2) is 0 Å². The predicted molar refractivity (Wildman–Crippen MR) is 104 cm³/mol. The molecule has 1 aliphatic heterocycles. The summed E-state index contributed by atoms with van der Waals surface area (Å²) in [6, 6.07) is 0. The molecule has 0 amide bonds. The standard InChI is InChI=1S/C22H39F3O3/c1-2-3-4-5-6-7-15-26-20-12-10-19(11-13-20)21-27-16-18(17-28-21)9-8-14-22(23,24)25/h18-21H,2-17H2,1H3. The van der Waals surface area contributed by atoms with Crippen molar-refractivity contribution in [3.05, 3.63) is 0 Å². The first-order valence-corrected chi connectivity index (χ1v) is 11.4. The minimum absolute atomic E-state index is 0.0931. The van der Waals surface area contributed by atoms with E-state index < -0.39 is 12.6 Å². The molecule has 0 aromatic rings. The van der Waals surface area contributed by atoms with Crippen molar-refractivity contribution in [1.29, 1.82) is 0 Å². The average molecular weight is 409 g/mol. The molecule has 2 aliphatic rings. The molecule has 1 saturated carbocycles. The number of alkyl halides is 3. The average Bonchev–Trinajstić information content (AvgIpc) is 2.67. The van der Waals surface area contributed by atoms with Crippen molar-refractivity contribution in [3.8, 4) is 0 Å². The van der Waals surface area contributed by atoms with Gasteiger partial charge in [0.2, 0.25) is 0 Å². The molecule has 2 fully saturated rings. The molecule has 0 radical (unpaired) electrons. The summed E-state index contributed by atoms with van der Waals surface area (Å²) in [5, 5.41) is 0. The van der Waals surface area contributed by atoms with E-state index >= 15 is 0 Å². The molecule has 0 aromatic carbocycles. The minimum Gasteiger partial charge on any atom is -0.378 e. The van der Waals surface area contributed by atoms with Crippen LogP contribution >= 0.6 is 0 Å². The first-order valence-electron chi connectivity index (χ1n) is 11.4. The Morgan fingerprint density at radius 3 is 2.14 bits per heavy atom. The zero-order valence-corrected chi connectivity index (χ0v) is 17.5. The molecule has 1 aliphatic carbocycles. The van der Waals surface area contributed by atoms with Gasteiger partial charge < -0.3 is 14.2 Å².